The molecule has 0 amide bonds. The first kappa shape index (κ1) is 35.7. The van der Waals surface area contributed by atoms with Gasteiger partial charge in [0.15, 0.2) is 0 Å². The van der Waals surface area contributed by atoms with Crippen LogP contribution in [0.15, 0.2) is 103 Å². The lowest BCUT2D eigenvalue weighted by Crippen LogP contribution is -2.20. The smallest absolute Gasteiger partial charge is 0.0467 e. The molecule has 0 bridgehead atoms. The molecule has 0 atom stereocenters. The Bertz CT molecular complexity index is 2000. The van der Waals surface area contributed by atoms with Crippen molar-refractivity contribution in [2.24, 2.45) is 0 Å². The van der Waals surface area contributed by atoms with Crippen LogP contribution in [0.25, 0.3) is 22.3 Å². The fourth-order valence-corrected chi connectivity index (χ4v) is 7.37. The van der Waals surface area contributed by atoms with Crippen LogP contribution in [0.2, 0.25) is 0 Å². The summed E-state index contributed by atoms with van der Waals surface area (Å²) in [7, 11) is 0. The van der Waals surface area contributed by atoms with Gasteiger partial charge >= 0.3 is 0 Å². The molecule has 1 aliphatic carbocycles. The molecular formula is C49H59N. The van der Waals surface area contributed by atoms with Crippen LogP contribution in [0, 0.1) is 0 Å². The monoisotopic (exact) mass is 661 g/mol. The van der Waals surface area contributed by atoms with E-state index in [0.717, 1.165) is 0 Å². The maximum absolute atomic E-state index is 2.51. The van der Waals surface area contributed by atoms with E-state index in [2.05, 4.69) is 205 Å². The van der Waals surface area contributed by atoms with Crippen molar-refractivity contribution < 1.29 is 0 Å². The zero-order valence-corrected chi connectivity index (χ0v) is 33.3. The third kappa shape index (κ3) is 6.69. The molecule has 5 aromatic rings. The molecule has 5 aromatic carbocycles. The average Bonchev–Trinajstić information content (AvgIpc) is 3.25. The van der Waals surface area contributed by atoms with E-state index < -0.39 is 0 Å². The fraction of sp³-hybridized carbons (Fsp3) is 0.388. The van der Waals surface area contributed by atoms with Gasteiger partial charge < -0.3 is 4.90 Å². The second-order valence-corrected chi connectivity index (χ2v) is 19.4. The van der Waals surface area contributed by atoms with Gasteiger partial charge in [-0.15, -0.1) is 0 Å². The number of hydrogen-bond acceptors (Lipinski definition) is 1. The highest BCUT2D eigenvalue weighted by Gasteiger charge is 2.36. The molecule has 1 nitrogen and oxygen atoms in total. The van der Waals surface area contributed by atoms with Crippen LogP contribution in [-0.4, -0.2) is 0 Å². The Morgan fingerprint density at radius 3 is 1.40 bits per heavy atom. The number of nitrogens with zero attached hydrogens (tertiary/aromatic N) is 1. The van der Waals surface area contributed by atoms with Crippen molar-refractivity contribution in [3.8, 4) is 22.3 Å². The van der Waals surface area contributed by atoms with E-state index in [1.54, 1.807) is 0 Å². The van der Waals surface area contributed by atoms with Crippen LogP contribution >= 0.6 is 0 Å². The van der Waals surface area contributed by atoms with E-state index in [9.17, 15) is 0 Å². The van der Waals surface area contributed by atoms with Gasteiger partial charge in [-0.25, -0.2) is 0 Å². The average molecular weight is 662 g/mol. The molecule has 0 heterocycles. The SMILES string of the molecule is CC(C)(C)c1cc(-c2cccc(N(c3cc(C(C)(C)C)cc(C(C)(C)C)c3)c3ccc4c(c3)C(C)(C)c3ccccc3-4)c2)cc(C(C)(C)C)c1. The van der Waals surface area contributed by atoms with E-state index in [1.165, 1.54) is 72.7 Å². The molecule has 0 spiro atoms. The summed E-state index contributed by atoms with van der Waals surface area (Å²) in [6.45, 7) is 32.6. The van der Waals surface area contributed by atoms with E-state index in [-0.39, 0.29) is 27.1 Å². The molecule has 0 saturated heterocycles. The van der Waals surface area contributed by atoms with Crippen LogP contribution in [0.1, 0.15) is 130 Å². The van der Waals surface area contributed by atoms with Gasteiger partial charge in [0.25, 0.3) is 0 Å². The standard InChI is InChI=1S/C49H59N/c1-45(2,3)34-24-33(25-35(27-34)46(4,5)6)32-18-17-19-38(26-32)50(40-29-36(47(7,8)9)28-37(30-40)48(10,11)12)39-22-23-42-41-20-15-16-21-43(41)49(13,14)44(42)31-39/h15-31H,1-14H3. The molecule has 260 valence electrons. The highest BCUT2D eigenvalue weighted by molar-refractivity contribution is 5.86. The molecular weight excluding hydrogens is 603 g/mol. The van der Waals surface area contributed by atoms with Crippen molar-refractivity contribution in [3.63, 3.8) is 0 Å². The van der Waals surface area contributed by atoms with Crippen molar-refractivity contribution in [1.29, 1.82) is 0 Å². The van der Waals surface area contributed by atoms with E-state index in [0.29, 0.717) is 0 Å². The van der Waals surface area contributed by atoms with Crippen molar-refractivity contribution in [2.75, 3.05) is 4.90 Å². The Balaban J connectivity index is 1.61. The first-order valence-electron chi connectivity index (χ1n) is 18.5. The van der Waals surface area contributed by atoms with Gasteiger partial charge in [-0.2, -0.15) is 0 Å². The van der Waals surface area contributed by atoms with Gasteiger partial charge in [0.1, 0.15) is 0 Å². The quantitative estimate of drug-likeness (QED) is 0.185. The molecule has 1 aliphatic rings. The predicted octanol–water partition coefficient (Wildman–Crippen LogP) is 14.3. The van der Waals surface area contributed by atoms with E-state index >= 15 is 0 Å². The minimum Gasteiger partial charge on any atom is -0.310 e. The summed E-state index contributed by atoms with van der Waals surface area (Å²) in [5.74, 6) is 0. The fourth-order valence-electron chi connectivity index (χ4n) is 7.37. The van der Waals surface area contributed by atoms with E-state index in [1.807, 2.05) is 0 Å². The summed E-state index contributed by atoms with van der Waals surface area (Å²) in [6, 6.07) is 39.8. The Morgan fingerprint density at radius 2 is 0.860 bits per heavy atom. The maximum atomic E-state index is 2.51. The largest absolute Gasteiger partial charge is 0.310 e. The minimum atomic E-state index is -0.0873. The second-order valence-electron chi connectivity index (χ2n) is 19.4. The lowest BCUT2D eigenvalue weighted by Gasteiger charge is -2.32. The molecule has 6 rings (SSSR count). The van der Waals surface area contributed by atoms with Gasteiger partial charge in [0.05, 0.1) is 0 Å². The third-order valence-corrected chi connectivity index (χ3v) is 10.8. The Kier molecular flexibility index (Phi) is 8.58. The number of rotatable bonds is 4. The highest BCUT2D eigenvalue weighted by Crippen LogP contribution is 2.51. The summed E-state index contributed by atoms with van der Waals surface area (Å²) in [5, 5.41) is 0. The minimum absolute atomic E-state index is 0.00184. The number of anilines is 3. The highest BCUT2D eigenvalue weighted by atomic mass is 15.1. The summed E-state index contributed by atoms with van der Waals surface area (Å²) >= 11 is 0. The van der Waals surface area contributed by atoms with Gasteiger partial charge in [0.2, 0.25) is 0 Å². The molecule has 0 unspecified atom stereocenters. The lowest BCUT2D eigenvalue weighted by molar-refractivity contribution is 0.568. The number of hydrogen-bond donors (Lipinski definition) is 0. The van der Waals surface area contributed by atoms with Crippen molar-refractivity contribution in [2.45, 2.75) is 124 Å². The molecule has 1 heteroatoms. The normalized spacial score (nSPS) is 14.4. The third-order valence-electron chi connectivity index (χ3n) is 10.8. The zero-order chi connectivity index (χ0) is 36.6. The van der Waals surface area contributed by atoms with Crippen LogP contribution in [0.3, 0.4) is 0 Å². The van der Waals surface area contributed by atoms with Crippen LogP contribution in [0.4, 0.5) is 17.1 Å². The molecule has 0 saturated carbocycles. The Labute approximate surface area is 303 Å². The molecule has 0 radical (unpaired) electrons. The Hall–Kier alpha value is -4.10. The van der Waals surface area contributed by atoms with Crippen molar-refractivity contribution >= 4 is 17.1 Å². The topological polar surface area (TPSA) is 3.24 Å². The predicted molar refractivity (Wildman–Crippen MR) is 219 cm³/mol. The first-order valence-corrected chi connectivity index (χ1v) is 18.5. The zero-order valence-electron chi connectivity index (χ0n) is 33.3. The summed E-state index contributed by atoms with van der Waals surface area (Å²) in [5.41, 5.74) is 17.0. The summed E-state index contributed by atoms with van der Waals surface area (Å²) in [4.78, 5) is 2.51. The number of fused-ring (bicyclic) bond motifs is 3. The maximum Gasteiger partial charge on any atom is 0.0467 e. The Morgan fingerprint density at radius 1 is 0.380 bits per heavy atom. The summed E-state index contributed by atoms with van der Waals surface area (Å²) < 4.78 is 0. The van der Waals surface area contributed by atoms with Gasteiger partial charge in [-0.3, -0.25) is 0 Å². The molecule has 50 heavy (non-hydrogen) atoms. The second kappa shape index (κ2) is 12.0. The lowest BCUT2D eigenvalue weighted by atomic mass is 9.79. The van der Waals surface area contributed by atoms with E-state index in [4.69, 9.17) is 0 Å². The van der Waals surface area contributed by atoms with Crippen molar-refractivity contribution in [3.05, 3.63) is 137 Å². The first-order chi connectivity index (χ1) is 23.0. The number of benzene rings is 5. The van der Waals surface area contributed by atoms with Gasteiger partial charge in [0, 0.05) is 22.5 Å². The summed E-state index contributed by atoms with van der Waals surface area (Å²) in [6.07, 6.45) is 0. The van der Waals surface area contributed by atoms with Crippen LogP contribution in [-0.2, 0) is 27.1 Å². The molecule has 0 aliphatic heterocycles. The van der Waals surface area contributed by atoms with Gasteiger partial charge in [-0.1, -0.05) is 164 Å². The molecule has 0 N–H and O–H groups in total. The molecule has 0 aromatic heterocycles. The van der Waals surface area contributed by atoms with Crippen LogP contribution in [0.5, 0.6) is 0 Å². The van der Waals surface area contributed by atoms with Crippen LogP contribution < -0.4 is 4.90 Å². The van der Waals surface area contributed by atoms with Crippen molar-refractivity contribution in [1.82, 2.24) is 0 Å². The van der Waals surface area contributed by atoms with Gasteiger partial charge in [-0.05, 0) is 114 Å². The molecule has 0 fully saturated rings.